The summed E-state index contributed by atoms with van der Waals surface area (Å²) in [4.78, 5) is 13.6. The van der Waals surface area contributed by atoms with E-state index in [1.807, 2.05) is 42.5 Å². The predicted octanol–water partition coefficient (Wildman–Crippen LogP) is 4.01. The zero-order chi connectivity index (χ0) is 22.9. The molecule has 1 aliphatic heterocycles. The molecule has 0 bridgehead atoms. The summed E-state index contributed by atoms with van der Waals surface area (Å²) in [5, 5.41) is 13.3. The maximum atomic E-state index is 13.6. The van der Waals surface area contributed by atoms with Gasteiger partial charge in [0.05, 0.1) is 16.9 Å². The highest BCUT2D eigenvalue weighted by molar-refractivity contribution is 7.89. The van der Waals surface area contributed by atoms with Crippen molar-refractivity contribution in [3.8, 4) is 5.75 Å². The van der Waals surface area contributed by atoms with Crippen LogP contribution in [0.5, 0.6) is 5.75 Å². The second-order valence-corrected chi connectivity index (χ2v) is 11.4. The number of phenolic OH excluding ortho intramolecular Hbond substituents is 1. The molecule has 0 radical (unpaired) electrons. The Labute approximate surface area is 185 Å². The van der Waals surface area contributed by atoms with E-state index in [4.69, 9.17) is 0 Å². The molecule has 0 atom stereocenters. The molecule has 0 saturated carbocycles. The van der Waals surface area contributed by atoms with Crippen molar-refractivity contribution in [2.45, 2.75) is 51.4 Å². The Balaban J connectivity index is 1.95. The molecule has 0 spiro atoms. The van der Waals surface area contributed by atoms with Gasteiger partial charge in [0.25, 0.3) is 0 Å². The van der Waals surface area contributed by atoms with Crippen molar-refractivity contribution in [3.63, 3.8) is 0 Å². The van der Waals surface area contributed by atoms with E-state index in [1.54, 1.807) is 13.0 Å². The highest BCUT2D eigenvalue weighted by Crippen LogP contribution is 2.39. The first-order valence-corrected chi connectivity index (χ1v) is 12.3. The van der Waals surface area contributed by atoms with E-state index in [0.717, 1.165) is 11.1 Å². The fourth-order valence-electron chi connectivity index (χ4n) is 4.08. The maximum Gasteiger partial charge on any atom is 0.235 e. The first kappa shape index (κ1) is 23.3. The summed E-state index contributed by atoms with van der Waals surface area (Å²) in [7, 11) is -3.31. The third-order valence-corrected chi connectivity index (χ3v) is 8.09. The number of carbonyl (C=O) groups excluding carboxylic acids is 1. The number of nitrogens with zero attached hydrogens (tertiary/aromatic N) is 1. The molecule has 0 aliphatic carbocycles. The van der Waals surface area contributed by atoms with Crippen LogP contribution in [0, 0.1) is 0 Å². The van der Waals surface area contributed by atoms with Crippen LogP contribution in [0.4, 0.5) is 5.69 Å². The van der Waals surface area contributed by atoms with Gasteiger partial charge in [-0.1, -0.05) is 57.2 Å². The van der Waals surface area contributed by atoms with Crippen molar-refractivity contribution in [1.29, 1.82) is 0 Å². The number of sulfonamides is 1. The number of piperidine rings is 1. The molecule has 6 nitrogen and oxygen atoms in total. The Morgan fingerprint density at radius 2 is 1.71 bits per heavy atom. The van der Waals surface area contributed by atoms with Gasteiger partial charge in [0, 0.05) is 13.1 Å². The van der Waals surface area contributed by atoms with Crippen LogP contribution in [-0.4, -0.2) is 42.6 Å². The van der Waals surface area contributed by atoms with Gasteiger partial charge in [0.1, 0.15) is 5.75 Å². The van der Waals surface area contributed by atoms with Crippen molar-refractivity contribution in [3.05, 3.63) is 59.7 Å². The van der Waals surface area contributed by atoms with Gasteiger partial charge in [-0.25, -0.2) is 12.7 Å². The monoisotopic (exact) mass is 444 g/mol. The number of benzene rings is 2. The van der Waals surface area contributed by atoms with Crippen LogP contribution in [0.3, 0.4) is 0 Å². The molecular formula is C24H32N2O4S. The summed E-state index contributed by atoms with van der Waals surface area (Å²) >= 11 is 0. The molecular weight excluding hydrogens is 412 g/mol. The molecule has 2 aromatic rings. The number of hydrogen-bond acceptors (Lipinski definition) is 4. The number of phenols is 1. The smallest absolute Gasteiger partial charge is 0.235 e. The number of nitrogens with one attached hydrogen (secondary N) is 1. The predicted molar refractivity (Wildman–Crippen MR) is 124 cm³/mol. The number of hydrogen-bond donors (Lipinski definition) is 2. The van der Waals surface area contributed by atoms with Gasteiger partial charge in [-0.2, -0.15) is 0 Å². The Morgan fingerprint density at radius 3 is 2.26 bits per heavy atom. The molecule has 168 valence electrons. The van der Waals surface area contributed by atoms with Crippen molar-refractivity contribution >= 4 is 21.6 Å². The van der Waals surface area contributed by atoms with E-state index in [1.165, 1.54) is 4.31 Å². The lowest BCUT2D eigenvalue weighted by Gasteiger charge is -2.40. The van der Waals surface area contributed by atoms with Crippen molar-refractivity contribution < 1.29 is 18.3 Å². The number of aromatic hydroxyl groups is 1. The Hall–Kier alpha value is -2.38. The number of rotatable bonds is 5. The summed E-state index contributed by atoms with van der Waals surface area (Å²) in [6.45, 7) is 8.41. The normalized spacial score (nSPS) is 17.3. The zero-order valence-electron chi connectivity index (χ0n) is 18.7. The molecule has 7 heteroatoms. The maximum absolute atomic E-state index is 13.6. The largest absolute Gasteiger partial charge is 0.506 e. The topological polar surface area (TPSA) is 86.7 Å². The summed E-state index contributed by atoms with van der Waals surface area (Å²) < 4.78 is 26.1. The molecule has 31 heavy (non-hydrogen) atoms. The van der Waals surface area contributed by atoms with E-state index in [2.05, 4.69) is 26.1 Å². The fraction of sp³-hybridized carbons (Fsp3) is 0.458. The van der Waals surface area contributed by atoms with Crippen LogP contribution in [0.15, 0.2) is 48.5 Å². The molecule has 0 aromatic heterocycles. The van der Waals surface area contributed by atoms with Crippen LogP contribution in [-0.2, 0) is 25.6 Å². The number of anilines is 1. The zero-order valence-corrected chi connectivity index (χ0v) is 19.5. The summed E-state index contributed by atoms with van der Waals surface area (Å²) in [6.07, 6.45) is 0.754. The lowest BCUT2D eigenvalue weighted by molar-refractivity contribution is -0.123. The van der Waals surface area contributed by atoms with Crippen LogP contribution in [0.1, 0.15) is 51.7 Å². The molecule has 2 N–H and O–H groups in total. The van der Waals surface area contributed by atoms with Gasteiger partial charge >= 0.3 is 0 Å². The van der Waals surface area contributed by atoms with Gasteiger partial charge < -0.3 is 10.4 Å². The fourth-order valence-corrected chi connectivity index (χ4v) is 5.18. The van der Waals surface area contributed by atoms with E-state index in [9.17, 15) is 18.3 Å². The summed E-state index contributed by atoms with van der Waals surface area (Å²) in [5.41, 5.74) is 1.22. The van der Waals surface area contributed by atoms with Crippen LogP contribution in [0.2, 0.25) is 0 Å². The van der Waals surface area contributed by atoms with E-state index in [0.29, 0.717) is 18.5 Å². The van der Waals surface area contributed by atoms with E-state index < -0.39 is 15.4 Å². The molecule has 1 fully saturated rings. The Bertz CT molecular complexity index is 1030. The van der Waals surface area contributed by atoms with Gasteiger partial charge in [-0.15, -0.1) is 0 Å². The first-order valence-electron chi connectivity index (χ1n) is 10.7. The highest BCUT2D eigenvalue weighted by Gasteiger charge is 2.44. The molecule has 1 heterocycles. The quantitative estimate of drug-likeness (QED) is 0.682. The Kier molecular flexibility index (Phi) is 6.48. The minimum absolute atomic E-state index is 0.00978. The first-order chi connectivity index (χ1) is 14.5. The molecule has 3 rings (SSSR count). The number of carbonyl (C=O) groups is 1. The van der Waals surface area contributed by atoms with Gasteiger partial charge in [0.2, 0.25) is 15.9 Å². The van der Waals surface area contributed by atoms with Crippen LogP contribution >= 0.6 is 0 Å². The van der Waals surface area contributed by atoms with Crippen molar-refractivity contribution in [2.75, 3.05) is 24.2 Å². The lowest BCUT2D eigenvalue weighted by Crippen LogP contribution is -2.51. The third-order valence-electron chi connectivity index (χ3n) is 6.21. The SMILES string of the molecule is CCS(=O)(=O)N1CCC(C(=O)Nc2cc(C(C)(C)C)ccc2O)(c2ccccc2)CC1. The van der Waals surface area contributed by atoms with Gasteiger partial charge in [-0.3, -0.25) is 4.79 Å². The van der Waals surface area contributed by atoms with E-state index in [-0.39, 0.29) is 35.9 Å². The number of amides is 1. The average molecular weight is 445 g/mol. The third kappa shape index (κ3) is 4.77. The Morgan fingerprint density at radius 1 is 1.10 bits per heavy atom. The van der Waals surface area contributed by atoms with Crippen molar-refractivity contribution in [2.24, 2.45) is 0 Å². The lowest BCUT2D eigenvalue weighted by atomic mass is 9.72. The average Bonchev–Trinajstić information content (AvgIpc) is 2.75. The van der Waals surface area contributed by atoms with Crippen LogP contribution < -0.4 is 5.32 Å². The second-order valence-electron chi connectivity index (χ2n) is 9.18. The van der Waals surface area contributed by atoms with Crippen molar-refractivity contribution in [1.82, 2.24) is 4.31 Å². The van der Waals surface area contributed by atoms with Gasteiger partial charge in [0.15, 0.2) is 0 Å². The van der Waals surface area contributed by atoms with Crippen LogP contribution in [0.25, 0.3) is 0 Å². The molecule has 1 amide bonds. The highest BCUT2D eigenvalue weighted by atomic mass is 32.2. The van der Waals surface area contributed by atoms with Gasteiger partial charge in [-0.05, 0) is 48.4 Å². The minimum atomic E-state index is -3.31. The summed E-state index contributed by atoms with van der Waals surface area (Å²) in [6, 6.07) is 14.7. The molecule has 1 aliphatic rings. The molecule has 1 saturated heterocycles. The summed E-state index contributed by atoms with van der Waals surface area (Å²) in [5.74, 6) is -0.172. The minimum Gasteiger partial charge on any atom is -0.506 e. The molecule has 0 unspecified atom stereocenters. The van der Waals surface area contributed by atoms with E-state index >= 15 is 0 Å². The second kappa shape index (κ2) is 8.63. The molecule has 2 aromatic carbocycles. The standard InChI is InChI=1S/C24H32N2O4S/c1-5-31(29,30)26-15-13-24(14-16-26,18-9-7-6-8-10-18)22(28)25-20-17-19(23(2,3)4)11-12-21(20)27/h6-12,17,27H,5,13-16H2,1-4H3,(H,25,28).